The van der Waals surface area contributed by atoms with Gasteiger partial charge in [-0.2, -0.15) is 0 Å². The number of ether oxygens (including phenoxy) is 1. The molecule has 0 spiro atoms. The van der Waals surface area contributed by atoms with Gasteiger partial charge in [-0.3, -0.25) is 9.59 Å². The minimum absolute atomic E-state index is 0.0829. The van der Waals surface area contributed by atoms with Crippen molar-refractivity contribution in [3.63, 3.8) is 0 Å². The molecule has 1 aliphatic rings. The molecule has 2 unspecified atom stereocenters. The Morgan fingerprint density at radius 2 is 2.24 bits per heavy atom. The van der Waals surface area contributed by atoms with E-state index in [1.165, 1.54) is 17.0 Å². The Labute approximate surface area is 126 Å². The second-order valence-electron chi connectivity index (χ2n) is 4.93. The molecule has 2 atom stereocenters. The molecular weight excluding hydrogens is 301 g/mol. The normalized spacial score (nSPS) is 21.4. The lowest BCUT2D eigenvalue weighted by Gasteiger charge is -2.23. The molecule has 114 valence electrons. The van der Waals surface area contributed by atoms with Crippen molar-refractivity contribution in [2.75, 3.05) is 13.2 Å². The van der Waals surface area contributed by atoms with Crippen LogP contribution in [0.15, 0.2) is 18.2 Å². The topological polar surface area (TPSA) is 66.8 Å². The highest BCUT2D eigenvalue weighted by Crippen LogP contribution is 2.25. The zero-order valence-corrected chi connectivity index (χ0v) is 12.1. The van der Waals surface area contributed by atoms with E-state index in [4.69, 9.17) is 21.4 Å². The van der Waals surface area contributed by atoms with Crippen LogP contribution >= 0.6 is 11.6 Å². The van der Waals surface area contributed by atoms with Gasteiger partial charge in [0.25, 0.3) is 5.91 Å². The highest BCUT2D eigenvalue weighted by Gasteiger charge is 2.38. The molecule has 0 bridgehead atoms. The van der Waals surface area contributed by atoms with E-state index in [1.54, 1.807) is 6.92 Å². The van der Waals surface area contributed by atoms with E-state index in [0.717, 1.165) is 6.07 Å². The number of halogens is 2. The maximum Gasteiger partial charge on any atom is 0.308 e. The van der Waals surface area contributed by atoms with Gasteiger partial charge in [-0.1, -0.05) is 11.6 Å². The van der Waals surface area contributed by atoms with Crippen LogP contribution in [0, 0.1) is 11.7 Å². The van der Waals surface area contributed by atoms with Crippen molar-refractivity contribution in [3.8, 4) is 5.75 Å². The van der Waals surface area contributed by atoms with Crippen molar-refractivity contribution < 1.29 is 23.8 Å². The number of hydrogen-bond donors (Lipinski definition) is 1. The van der Waals surface area contributed by atoms with Gasteiger partial charge >= 0.3 is 5.97 Å². The highest BCUT2D eigenvalue weighted by atomic mass is 35.5. The second kappa shape index (κ2) is 6.30. The number of hydrogen-bond acceptors (Lipinski definition) is 3. The number of nitrogens with zero attached hydrogens (tertiary/aromatic N) is 1. The summed E-state index contributed by atoms with van der Waals surface area (Å²) in [5.41, 5.74) is 0. The van der Waals surface area contributed by atoms with Gasteiger partial charge in [0.05, 0.1) is 10.9 Å². The third-order valence-corrected chi connectivity index (χ3v) is 3.94. The van der Waals surface area contributed by atoms with Gasteiger partial charge in [-0.25, -0.2) is 4.39 Å². The summed E-state index contributed by atoms with van der Waals surface area (Å²) in [5.74, 6) is -2.02. The fraction of sp³-hybridized carbons (Fsp3) is 0.429. The zero-order valence-electron chi connectivity index (χ0n) is 11.4. The Morgan fingerprint density at radius 1 is 1.52 bits per heavy atom. The number of carboxylic acid groups (broad SMARTS) is 1. The number of rotatable bonds is 4. The van der Waals surface area contributed by atoms with Crippen LogP contribution < -0.4 is 4.74 Å². The molecule has 0 aliphatic carbocycles. The van der Waals surface area contributed by atoms with E-state index in [0.29, 0.717) is 13.0 Å². The van der Waals surface area contributed by atoms with Crippen molar-refractivity contribution in [1.29, 1.82) is 0 Å². The zero-order chi connectivity index (χ0) is 15.6. The Bertz CT molecular complexity index is 566. The molecule has 1 fully saturated rings. The van der Waals surface area contributed by atoms with Gasteiger partial charge in [0.1, 0.15) is 11.6 Å². The SMILES string of the molecule is CC1C(C(=O)O)CCN1C(=O)COc1ccc(F)c(Cl)c1. The number of likely N-dealkylation sites (tertiary alicyclic amines) is 1. The summed E-state index contributed by atoms with van der Waals surface area (Å²) in [7, 11) is 0. The van der Waals surface area contributed by atoms with Gasteiger partial charge in [0, 0.05) is 18.7 Å². The number of aliphatic carboxylic acids is 1. The summed E-state index contributed by atoms with van der Waals surface area (Å²) in [6, 6.07) is 3.45. The summed E-state index contributed by atoms with van der Waals surface area (Å²) in [6.07, 6.45) is 0.435. The van der Waals surface area contributed by atoms with E-state index < -0.39 is 17.7 Å². The van der Waals surface area contributed by atoms with Crippen LogP contribution in [-0.2, 0) is 9.59 Å². The molecule has 0 aromatic heterocycles. The van der Waals surface area contributed by atoms with Crippen molar-refractivity contribution >= 4 is 23.5 Å². The van der Waals surface area contributed by atoms with Gasteiger partial charge in [-0.15, -0.1) is 0 Å². The number of carboxylic acids is 1. The third kappa shape index (κ3) is 3.44. The standard InChI is InChI=1S/C14H15ClFNO4/c1-8-10(14(19)20)4-5-17(8)13(18)7-21-9-2-3-12(16)11(15)6-9/h2-3,6,8,10H,4-5,7H2,1H3,(H,19,20). The minimum Gasteiger partial charge on any atom is -0.484 e. The number of carbonyl (C=O) groups is 2. The Hall–Kier alpha value is -1.82. The van der Waals surface area contributed by atoms with Crippen molar-refractivity contribution in [2.45, 2.75) is 19.4 Å². The van der Waals surface area contributed by atoms with Crippen LogP contribution in [-0.4, -0.2) is 41.1 Å². The van der Waals surface area contributed by atoms with E-state index in [2.05, 4.69) is 0 Å². The molecule has 1 saturated heterocycles. The molecule has 1 heterocycles. The third-order valence-electron chi connectivity index (χ3n) is 3.65. The molecule has 21 heavy (non-hydrogen) atoms. The summed E-state index contributed by atoms with van der Waals surface area (Å²) >= 11 is 5.62. The molecule has 1 aromatic carbocycles. The smallest absolute Gasteiger partial charge is 0.308 e. The molecule has 1 aromatic rings. The van der Waals surface area contributed by atoms with Crippen LogP contribution in [0.2, 0.25) is 5.02 Å². The van der Waals surface area contributed by atoms with E-state index in [-0.39, 0.29) is 29.3 Å². The van der Waals surface area contributed by atoms with E-state index >= 15 is 0 Å². The van der Waals surface area contributed by atoms with Crippen LogP contribution in [0.3, 0.4) is 0 Å². The first-order valence-electron chi connectivity index (χ1n) is 6.50. The molecule has 0 radical (unpaired) electrons. The second-order valence-corrected chi connectivity index (χ2v) is 5.33. The maximum atomic E-state index is 13.0. The van der Waals surface area contributed by atoms with Gasteiger partial charge < -0.3 is 14.7 Å². The Morgan fingerprint density at radius 3 is 2.81 bits per heavy atom. The van der Waals surface area contributed by atoms with Crippen LogP contribution in [0.4, 0.5) is 4.39 Å². The van der Waals surface area contributed by atoms with Crippen LogP contribution in [0.1, 0.15) is 13.3 Å². The summed E-state index contributed by atoms with van der Waals surface area (Å²) in [6.45, 7) is 1.86. The lowest BCUT2D eigenvalue weighted by atomic mass is 10.0. The van der Waals surface area contributed by atoms with E-state index in [9.17, 15) is 14.0 Å². The van der Waals surface area contributed by atoms with Gasteiger partial charge in [0.15, 0.2) is 6.61 Å². The fourth-order valence-electron chi connectivity index (χ4n) is 2.42. The lowest BCUT2D eigenvalue weighted by molar-refractivity contribution is -0.143. The summed E-state index contributed by atoms with van der Waals surface area (Å²) < 4.78 is 18.3. The molecule has 5 nitrogen and oxygen atoms in total. The van der Waals surface area contributed by atoms with Gasteiger partial charge in [-0.05, 0) is 25.5 Å². The number of benzene rings is 1. The van der Waals surface area contributed by atoms with Crippen molar-refractivity contribution in [1.82, 2.24) is 4.90 Å². The number of carbonyl (C=O) groups excluding carboxylic acids is 1. The van der Waals surface area contributed by atoms with Crippen molar-refractivity contribution in [2.24, 2.45) is 5.92 Å². The molecule has 1 N–H and O–H groups in total. The predicted molar refractivity (Wildman–Crippen MR) is 73.8 cm³/mol. The fourth-order valence-corrected chi connectivity index (χ4v) is 2.59. The molecule has 7 heteroatoms. The quantitative estimate of drug-likeness (QED) is 0.925. The Kier molecular flexibility index (Phi) is 4.67. The molecule has 1 amide bonds. The van der Waals surface area contributed by atoms with Crippen LogP contribution in [0.5, 0.6) is 5.75 Å². The average Bonchev–Trinajstić information content (AvgIpc) is 2.82. The first-order chi connectivity index (χ1) is 9.90. The highest BCUT2D eigenvalue weighted by molar-refractivity contribution is 6.30. The van der Waals surface area contributed by atoms with Crippen molar-refractivity contribution in [3.05, 3.63) is 29.0 Å². The molecular formula is C14H15ClFNO4. The largest absolute Gasteiger partial charge is 0.484 e. The maximum absolute atomic E-state index is 13.0. The summed E-state index contributed by atoms with van der Waals surface area (Å²) in [5, 5.41) is 8.95. The Balaban J connectivity index is 1.93. The monoisotopic (exact) mass is 315 g/mol. The predicted octanol–water partition coefficient (Wildman–Crippen LogP) is 2.18. The lowest BCUT2D eigenvalue weighted by Crippen LogP contribution is -2.40. The minimum atomic E-state index is -0.899. The molecule has 1 aliphatic heterocycles. The molecule has 0 saturated carbocycles. The average molecular weight is 316 g/mol. The van der Waals surface area contributed by atoms with E-state index in [1.807, 2.05) is 0 Å². The molecule has 2 rings (SSSR count). The van der Waals surface area contributed by atoms with Gasteiger partial charge in [0.2, 0.25) is 0 Å². The number of amides is 1. The first kappa shape index (κ1) is 15.6. The summed E-state index contributed by atoms with van der Waals surface area (Å²) in [4.78, 5) is 24.5. The van der Waals surface area contributed by atoms with Crippen LogP contribution in [0.25, 0.3) is 0 Å². The first-order valence-corrected chi connectivity index (χ1v) is 6.88.